The number of ketones is 1. The Morgan fingerprint density at radius 2 is 1.81 bits per heavy atom. The van der Waals surface area contributed by atoms with Crippen LogP contribution in [0.4, 0.5) is 0 Å². The summed E-state index contributed by atoms with van der Waals surface area (Å²) < 4.78 is 0. The fourth-order valence-electron chi connectivity index (χ4n) is 4.16. The van der Waals surface area contributed by atoms with Gasteiger partial charge < -0.3 is 5.32 Å². The summed E-state index contributed by atoms with van der Waals surface area (Å²) in [4.78, 5) is 28.1. The van der Waals surface area contributed by atoms with Gasteiger partial charge in [-0.25, -0.2) is 0 Å². The van der Waals surface area contributed by atoms with Gasteiger partial charge in [-0.1, -0.05) is 99.0 Å². The minimum atomic E-state index is -0.254. The number of carbonyl (C=O) groups is 2. The Balaban J connectivity index is 1.68. The van der Waals surface area contributed by atoms with Crippen molar-refractivity contribution >= 4 is 17.8 Å². The quantitative estimate of drug-likeness (QED) is 0.549. The van der Waals surface area contributed by atoms with Crippen molar-refractivity contribution < 1.29 is 9.59 Å². The Labute approximate surface area is 192 Å². The molecule has 1 amide bonds. The van der Waals surface area contributed by atoms with Gasteiger partial charge in [-0.3, -0.25) is 14.5 Å². The second-order valence-electron chi connectivity index (χ2n) is 8.96. The highest BCUT2D eigenvalue weighted by molar-refractivity contribution is 5.98. The molecule has 0 aliphatic carbocycles. The van der Waals surface area contributed by atoms with Gasteiger partial charge in [0.1, 0.15) is 0 Å². The minimum Gasteiger partial charge on any atom is -0.348 e. The van der Waals surface area contributed by atoms with Crippen LogP contribution in [0, 0.1) is 12.8 Å². The van der Waals surface area contributed by atoms with Gasteiger partial charge in [-0.05, 0) is 37.8 Å². The number of amides is 1. The molecular formula is C28H36N2O2. The van der Waals surface area contributed by atoms with E-state index in [0.29, 0.717) is 11.5 Å². The highest BCUT2D eigenvalue weighted by Crippen LogP contribution is 2.20. The van der Waals surface area contributed by atoms with Crippen LogP contribution >= 0.6 is 0 Å². The second-order valence-corrected chi connectivity index (χ2v) is 8.96. The lowest BCUT2D eigenvalue weighted by atomic mass is 9.95. The van der Waals surface area contributed by atoms with Crippen LogP contribution in [0.1, 0.15) is 61.0 Å². The smallest absolute Gasteiger partial charge is 0.237 e. The van der Waals surface area contributed by atoms with Crippen molar-refractivity contribution in [2.75, 3.05) is 13.1 Å². The monoisotopic (exact) mass is 432 g/mol. The normalized spacial score (nSPS) is 18.9. The average molecular weight is 433 g/mol. The van der Waals surface area contributed by atoms with Gasteiger partial charge in [-0.2, -0.15) is 0 Å². The van der Waals surface area contributed by atoms with E-state index in [4.69, 9.17) is 0 Å². The molecule has 170 valence electrons. The molecule has 3 rings (SSSR count). The first-order valence-electron chi connectivity index (χ1n) is 11.9. The van der Waals surface area contributed by atoms with E-state index in [1.807, 2.05) is 30.3 Å². The summed E-state index contributed by atoms with van der Waals surface area (Å²) in [6.45, 7) is 7.46. The van der Waals surface area contributed by atoms with Crippen molar-refractivity contribution in [3.8, 4) is 0 Å². The number of hydrogen-bond acceptors (Lipinski definition) is 3. The van der Waals surface area contributed by atoms with Crippen molar-refractivity contribution in [3.63, 3.8) is 0 Å². The van der Waals surface area contributed by atoms with Crippen LogP contribution in [0.3, 0.4) is 0 Å². The predicted octanol–water partition coefficient (Wildman–Crippen LogP) is 5.28. The van der Waals surface area contributed by atoms with E-state index in [-0.39, 0.29) is 30.3 Å². The number of likely N-dealkylation sites (tertiary alicyclic amines) is 1. The molecule has 4 heteroatoms. The fraction of sp³-hybridized carbons (Fsp3) is 0.429. The first kappa shape index (κ1) is 23.9. The lowest BCUT2D eigenvalue weighted by Crippen LogP contribution is -2.53. The van der Waals surface area contributed by atoms with Crippen LogP contribution < -0.4 is 5.32 Å². The lowest BCUT2D eigenvalue weighted by molar-refractivity contribution is -0.128. The first-order valence-corrected chi connectivity index (χ1v) is 11.9. The van der Waals surface area contributed by atoms with Gasteiger partial charge >= 0.3 is 0 Å². The molecule has 1 heterocycles. The van der Waals surface area contributed by atoms with Crippen molar-refractivity contribution in [2.24, 2.45) is 5.92 Å². The van der Waals surface area contributed by atoms with Crippen LogP contribution in [-0.4, -0.2) is 41.8 Å². The molecule has 1 saturated heterocycles. The van der Waals surface area contributed by atoms with Gasteiger partial charge in [0.05, 0.1) is 18.6 Å². The van der Waals surface area contributed by atoms with Gasteiger partial charge in [0, 0.05) is 5.56 Å². The number of Topliss-reactive ketones (excluding diaryl/α,β-unsaturated/α-hetero) is 1. The van der Waals surface area contributed by atoms with Gasteiger partial charge in [0.25, 0.3) is 0 Å². The highest BCUT2D eigenvalue weighted by atomic mass is 16.2. The van der Waals surface area contributed by atoms with E-state index >= 15 is 0 Å². The third kappa shape index (κ3) is 6.64. The SMILES string of the molecule is CC[C@H](C)[C@@H](/C=C/c1ccc(C)cc1)NC(=O)[C@@H]1CCCCN1CC(=O)c1ccccc1. The summed E-state index contributed by atoms with van der Waals surface area (Å²) in [5.41, 5.74) is 3.07. The number of nitrogens with zero attached hydrogens (tertiary/aromatic N) is 1. The van der Waals surface area contributed by atoms with Crippen LogP contribution in [0.25, 0.3) is 6.08 Å². The summed E-state index contributed by atoms with van der Waals surface area (Å²) in [5.74, 6) is 0.427. The molecule has 0 aromatic heterocycles. The van der Waals surface area contributed by atoms with Crippen molar-refractivity contribution in [2.45, 2.75) is 58.5 Å². The summed E-state index contributed by atoms with van der Waals surface area (Å²) in [6, 6.07) is 17.5. The second kappa shape index (κ2) is 11.8. The summed E-state index contributed by atoms with van der Waals surface area (Å²) >= 11 is 0. The Morgan fingerprint density at radius 1 is 1.09 bits per heavy atom. The number of aryl methyl sites for hydroxylation is 1. The van der Waals surface area contributed by atoms with Crippen molar-refractivity contribution in [1.29, 1.82) is 0 Å². The molecule has 0 unspecified atom stereocenters. The molecule has 2 aromatic rings. The van der Waals surface area contributed by atoms with Gasteiger partial charge in [0.15, 0.2) is 5.78 Å². The Bertz CT molecular complexity index is 905. The van der Waals surface area contributed by atoms with Crippen molar-refractivity contribution in [3.05, 3.63) is 77.4 Å². The molecule has 1 aliphatic rings. The highest BCUT2D eigenvalue weighted by Gasteiger charge is 2.31. The number of benzene rings is 2. The average Bonchev–Trinajstić information content (AvgIpc) is 2.83. The van der Waals surface area contributed by atoms with E-state index in [9.17, 15) is 9.59 Å². The molecule has 4 nitrogen and oxygen atoms in total. The van der Waals surface area contributed by atoms with Gasteiger partial charge in [-0.15, -0.1) is 0 Å². The maximum Gasteiger partial charge on any atom is 0.237 e. The molecule has 0 saturated carbocycles. The van der Waals surface area contributed by atoms with E-state index < -0.39 is 0 Å². The molecule has 32 heavy (non-hydrogen) atoms. The van der Waals surface area contributed by atoms with E-state index in [1.165, 1.54) is 5.56 Å². The molecule has 0 radical (unpaired) electrons. The largest absolute Gasteiger partial charge is 0.348 e. The summed E-state index contributed by atoms with van der Waals surface area (Å²) in [5, 5.41) is 3.28. The fourth-order valence-corrected chi connectivity index (χ4v) is 4.16. The number of nitrogens with one attached hydrogen (secondary N) is 1. The van der Waals surface area contributed by atoms with Crippen LogP contribution in [0.2, 0.25) is 0 Å². The number of piperidine rings is 1. The zero-order valence-corrected chi connectivity index (χ0v) is 19.6. The molecule has 0 spiro atoms. The zero-order valence-electron chi connectivity index (χ0n) is 19.6. The third-order valence-corrected chi connectivity index (χ3v) is 6.50. The number of carbonyl (C=O) groups excluding carboxylic acids is 2. The number of hydrogen-bond donors (Lipinski definition) is 1. The summed E-state index contributed by atoms with van der Waals surface area (Å²) in [7, 11) is 0. The topological polar surface area (TPSA) is 49.4 Å². The number of rotatable bonds is 9. The van der Waals surface area contributed by atoms with Crippen LogP contribution in [0.15, 0.2) is 60.7 Å². The molecule has 1 N–H and O–H groups in total. The standard InChI is InChI=1S/C28H36N2O2/c1-4-22(3)25(18-17-23-15-13-21(2)14-16-23)29-28(32)26-12-8-9-19-30(26)20-27(31)24-10-6-5-7-11-24/h5-7,10-11,13-18,22,25-26H,4,8-9,12,19-20H2,1-3H3,(H,29,32)/b18-17+/t22-,25+,26-/m0/s1. The van der Waals surface area contributed by atoms with Crippen LogP contribution in [0.5, 0.6) is 0 Å². The minimum absolute atomic E-state index is 0.0319. The maximum absolute atomic E-state index is 13.3. The molecule has 2 aromatic carbocycles. The maximum atomic E-state index is 13.3. The van der Waals surface area contributed by atoms with E-state index in [1.54, 1.807) is 0 Å². The summed E-state index contributed by atoms with van der Waals surface area (Å²) in [6.07, 6.45) is 8.01. The molecule has 1 aliphatic heterocycles. The molecule has 1 fully saturated rings. The lowest BCUT2D eigenvalue weighted by Gasteiger charge is -2.35. The Kier molecular flexibility index (Phi) is 8.81. The zero-order chi connectivity index (χ0) is 22.9. The van der Waals surface area contributed by atoms with Gasteiger partial charge in [0.2, 0.25) is 5.91 Å². The van der Waals surface area contributed by atoms with Crippen LogP contribution in [-0.2, 0) is 4.79 Å². The predicted molar refractivity (Wildman–Crippen MR) is 132 cm³/mol. The molecular weight excluding hydrogens is 396 g/mol. The Hall–Kier alpha value is -2.72. The molecule has 0 bridgehead atoms. The first-order chi connectivity index (χ1) is 15.5. The van der Waals surface area contributed by atoms with E-state index in [2.05, 4.69) is 67.4 Å². The van der Waals surface area contributed by atoms with E-state index in [0.717, 1.165) is 37.8 Å². The molecule has 3 atom stereocenters. The van der Waals surface area contributed by atoms with Crippen molar-refractivity contribution in [1.82, 2.24) is 10.2 Å². The Morgan fingerprint density at radius 3 is 2.50 bits per heavy atom. The third-order valence-electron chi connectivity index (χ3n) is 6.50.